The molecule has 0 saturated heterocycles. The van der Waals surface area contributed by atoms with Gasteiger partial charge in [0.1, 0.15) is 0 Å². The van der Waals surface area contributed by atoms with Crippen molar-refractivity contribution in [3.8, 4) is 0 Å². The summed E-state index contributed by atoms with van der Waals surface area (Å²) in [5.74, 6) is -0.421. The van der Waals surface area contributed by atoms with Crippen molar-refractivity contribution in [3.05, 3.63) is 21.9 Å². The van der Waals surface area contributed by atoms with Crippen LogP contribution in [0.25, 0.3) is 0 Å². The van der Waals surface area contributed by atoms with Crippen molar-refractivity contribution in [1.82, 2.24) is 4.98 Å². The molecule has 1 saturated carbocycles. The molecule has 1 aliphatic rings. The third kappa shape index (κ3) is 1.59. The molecule has 0 atom stereocenters. The molecule has 1 aliphatic carbocycles. The monoisotopic (exact) mass is 257 g/mol. The molecule has 2 rings (SSSR count). The van der Waals surface area contributed by atoms with Crippen molar-refractivity contribution in [2.75, 3.05) is 0 Å². The van der Waals surface area contributed by atoms with Crippen LogP contribution in [0.5, 0.6) is 0 Å². The zero-order valence-corrected chi connectivity index (χ0v) is 9.30. The highest BCUT2D eigenvalue weighted by Gasteiger charge is 2.25. The van der Waals surface area contributed by atoms with Crippen molar-refractivity contribution in [3.63, 3.8) is 0 Å². The molecule has 0 amide bonds. The van der Waals surface area contributed by atoms with E-state index >= 15 is 0 Å². The van der Waals surface area contributed by atoms with Crippen LogP contribution in [0.4, 0.5) is 0 Å². The normalized spacial score (nSPS) is 17.5. The summed E-state index contributed by atoms with van der Waals surface area (Å²) in [6, 6.07) is 0. The Labute approximate surface area is 90.6 Å². The highest BCUT2D eigenvalue weighted by molar-refractivity contribution is 9.10. The van der Waals surface area contributed by atoms with E-state index in [4.69, 9.17) is 5.11 Å². The molecule has 0 bridgehead atoms. The Morgan fingerprint density at radius 1 is 1.50 bits per heavy atom. The number of aromatic nitrogens is 1. The number of H-pyrrole nitrogens is 1. The first-order chi connectivity index (χ1) is 6.70. The van der Waals surface area contributed by atoms with Gasteiger partial charge in [-0.15, -0.1) is 0 Å². The maximum Gasteiger partial charge on any atom is 0.337 e. The molecular weight excluding hydrogens is 246 g/mol. The van der Waals surface area contributed by atoms with Gasteiger partial charge >= 0.3 is 5.97 Å². The number of rotatable bonds is 2. The minimum atomic E-state index is -0.839. The number of aromatic carboxylic acids is 1. The molecule has 0 unspecified atom stereocenters. The van der Waals surface area contributed by atoms with Crippen LogP contribution in [0.2, 0.25) is 0 Å². The van der Waals surface area contributed by atoms with Gasteiger partial charge in [0, 0.05) is 11.8 Å². The molecular formula is C10H12BrNO2. The minimum Gasteiger partial charge on any atom is -0.478 e. The van der Waals surface area contributed by atoms with E-state index in [0.29, 0.717) is 11.5 Å². The predicted octanol–water partition coefficient (Wildman–Crippen LogP) is 3.13. The van der Waals surface area contributed by atoms with Gasteiger partial charge in [-0.05, 0) is 34.7 Å². The molecule has 0 spiro atoms. The third-order valence-corrected chi connectivity index (χ3v) is 3.52. The van der Waals surface area contributed by atoms with Crippen LogP contribution < -0.4 is 0 Å². The van der Waals surface area contributed by atoms with E-state index in [2.05, 4.69) is 20.9 Å². The molecule has 0 aliphatic heterocycles. The van der Waals surface area contributed by atoms with Gasteiger partial charge in [0.2, 0.25) is 0 Å². The third-order valence-electron chi connectivity index (χ3n) is 2.86. The average Bonchev–Trinajstić information content (AvgIpc) is 2.71. The van der Waals surface area contributed by atoms with Crippen LogP contribution in [0.15, 0.2) is 10.8 Å². The van der Waals surface area contributed by atoms with Crippen LogP contribution >= 0.6 is 15.9 Å². The lowest BCUT2D eigenvalue weighted by atomic mass is 9.97. The topological polar surface area (TPSA) is 53.1 Å². The number of carbonyl (C=O) groups is 1. The van der Waals surface area contributed by atoms with E-state index in [0.717, 1.165) is 23.0 Å². The van der Waals surface area contributed by atoms with Crippen molar-refractivity contribution < 1.29 is 9.90 Å². The standard InChI is InChI=1S/C10H12BrNO2/c11-9-8(6-3-1-2-4-6)7(5-12-9)10(13)14/h5-6,12H,1-4H2,(H,13,14). The van der Waals surface area contributed by atoms with E-state index in [1.54, 1.807) is 6.20 Å². The maximum atomic E-state index is 11.0. The first-order valence-corrected chi connectivity index (χ1v) is 5.59. The van der Waals surface area contributed by atoms with Crippen LogP contribution in [0.3, 0.4) is 0 Å². The number of carboxylic acids is 1. The second-order valence-corrected chi connectivity index (χ2v) is 4.51. The molecule has 0 aromatic carbocycles. The van der Waals surface area contributed by atoms with Gasteiger partial charge < -0.3 is 10.1 Å². The Kier molecular flexibility index (Phi) is 2.63. The number of carboxylic acid groups (broad SMARTS) is 1. The molecule has 4 heteroatoms. The SMILES string of the molecule is O=C(O)c1c[nH]c(Br)c1C1CCCC1. The highest BCUT2D eigenvalue weighted by atomic mass is 79.9. The Balaban J connectivity index is 2.38. The average molecular weight is 258 g/mol. The lowest BCUT2D eigenvalue weighted by Gasteiger charge is -2.09. The molecule has 14 heavy (non-hydrogen) atoms. The van der Waals surface area contributed by atoms with Crippen LogP contribution in [0, 0.1) is 0 Å². The van der Waals surface area contributed by atoms with Gasteiger partial charge in [0.15, 0.2) is 0 Å². The smallest absolute Gasteiger partial charge is 0.337 e. The summed E-state index contributed by atoms with van der Waals surface area (Å²) in [4.78, 5) is 13.9. The Morgan fingerprint density at radius 3 is 2.71 bits per heavy atom. The van der Waals surface area contributed by atoms with Crippen molar-refractivity contribution in [1.29, 1.82) is 0 Å². The number of nitrogens with one attached hydrogen (secondary N) is 1. The van der Waals surface area contributed by atoms with E-state index in [1.807, 2.05) is 0 Å². The van der Waals surface area contributed by atoms with Crippen LogP contribution in [-0.4, -0.2) is 16.1 Å². The zero-order chi connectivity index (χ0) is 10.1. The fourth-order valence-electron chi connectivity index (χ4n) is 2.20. The largest absolute Gasteiger partial charge is 0.478 e. The predicted molar refractivity (Wildman–Crippen MR) is 56.7 cm³/mol. The molecule has 1 aromatic heterocycles. The lowest BCUT2D eigenvalue weighted by molar-refractivity contribution is 0.0695. The molecule has 0 radical (unpaired) electrons. The molecule has 1 fully saturated rings. The molecule has 2 N–H and O–H groups in total. The maximum absolute atomic E-state index is 11.0. The van der Waals surface area contributed by atoms with Crippen molar-refractivity contribution in [2.45, 2.75) is 31.6 Å². The second-order valence-electron chi connectivity index (χ2n) is 3.72. The second kappa shape index (κ2) is 3.77. The fourth-order valence-corrected chi connectivity index (χ4v) is 2.85. The number of aromatic amines is 1. The van der Waals surface area contributed by atoms with E-state index in [9.17, 15) is 4.79 Å². The summed E-state index contributed by atoms with van der Waals surface area (Å²) in [5, 5.41) is 9.00. The Hall–Kier alpha value is -0.770. The summed E-state index contributed by atoms with van der Waals surface area (Å²) in [6.45, 7) is 0. The van der Waals surface area contributed by atoms with Gasteiger partial charge in [-0.1, -0.05) is 12.8 Å². The summed E-state index contributed by atoms with van der Waals surface area (Å²) in [7, 11) is 0. The minimum absolute atomic E-state index is 0.418. The molecule has 1 heterocycles. The van der Waals surface area contributed by atoms with Crippen molar-refractivity contribution >= 4 is 21.9 Å². The summed E-state index contributed by atoms with van der Waals surface area (Å²) < 4.78 is 0.835. The van der Waals surface area contributed by atoms with Gasteiger partial charge in [0.05, 0.1) is 10.2 Å². The molecule has 3 nitrogen and oxygen atoms in total. The summed E-state index contributed by atoms with van der Waals surface area (Å²) in [6.07, 6.45) is 6.20. The van der Waals surface area contributed by atoms with E-state index < -0.39 is 5.97 Å². The first-order valence-electron chi connectivity index (χ1n) is 4.80. The zero-order valence-electron chi connectivity index (χ0n) is 7.72. The summed E-state index contributed by atoms with van der Waals surface area (Å²) >= 11 is 3.38. The van der Waals surface area contributed by atoms with Gasteiger partial charge in [-0.3, -0.25) is 0 Å². The Bertz CT molecular complexity index is 353. The van der Waals surface area contributed by atoms with Gasteiger partial charge in [0.25, 0.3) is 0 Å². The molecule has 76 valence electrons. The van der Waals surface area contributed by atoms with E-state index in [-0.39, 0.29) is 0 Å². The van der Waals surface area contributed by atoms with Crippen LogP contribution in [-0.2, 0) is 0 Å². The highest BCUT2D eigenvalue weighted by Crippen LogP contribution is 2.39. The fraction of sp³-hybridized carbons (Fsp3) is 0.500. The van der Waals surface area contributed by atoms with Gasteiger partial charge in [-0.25, -0.2) is 4.79 Å². The van der Waals surface area contributed by atoms with Crippen LogP contribution in [0.1, 0.15) is 47.5 Å². The number of hydrogen-bond donors (Lipinski definition) is 2. The summed E-state index contributed by atoms with van der Waals surface area (Å²) in [5.41, 5.74) is 1.37. The Morgan fingerprint density at radius 2 is 2.14 bits per heavy atom. The first kappa shape index (κ1) is 9.77. The number of halogens is 1. The quantitative estimate of drug-likeness (QED) is 0.856. The van der Waals surface area contributed by atoms with Gasteiger partial charge in [-0.2, -0.15) is 0 Å². The van der Waals surface area contributed by atoms with Crippen molar-refractivity contribution in [2.24, 2.45) is 0 Å². The van der Waals surface area contributed by atoms with E-state index in [1.165, 1.54) is 12.8 Å². The number of hydrogen-bond acceptors (Lipinski definition) is 1. The molecule has 1 aromatic rings. The lowest BCUT2D eigenvalue weighted by Crippen LogP contribution is -2.02.